The van der Waals surface area contributed by atoms with Crippen molar-refractivity contribution in [1.29, 1.82) is 0 Å². The summed E-state index contributed by atoms with van der Waals surface area (Å²) >= 11 is 0. The van der Waals surface area contributed by atoms with Crippen molar-refractivity contribution in [2.45, 2.75) is 20.3 Å². The lowest BCUT2D eigenvalue weighted by molar-refractivity contribution is -0.143. The molecule has 0 spiro atoms. The van der Waals surface area contributed by atoms with E-state index < -0.39 is 11.9 Å². The molecule has 4 heteroatoms. The average molecular weight is 197 g/mol. The van der Waals surface area contributed by atoms with Gasteiger partial charge in [-0.25, -0.2) is 0 Å². The summed E-state index contributed by atoms with van der Waals surface area (Å²) in [6.07, 6.45) is 4.92. The number of aliphatic carboxylic acids is 1. The molecule has 78 valence electrons. The first-order valence-electron chi connectivity index (χ1n) is 4.42. The molecule has 0 rings (SSSR count). The van der Waals surface area contributed by atoms with E-state index in [2.05, 4.69) is 11.2 Å². The first-order chi connectivity index (χ1) is 6.49. The lowest BCUT2D eigenvalue weighted by Gasteiger charge is -2.16. The van der Waals surface area contributed by atoms with Gasteiger partial charge < -0.3 is 10.4 Å². The molecular formula is C10H15NO3. The second-order valence-electron chi connectivity index (χ2n) is 3.37. The van der Waals surface area contributed by atoms with Crippen LogP contribution in [0, 0.1) is 24.2 Å². The highest BCUT2D eigenvalue weighted by Crippen LogP contribution is 2.09. The molecule has 0 aliphatic carbocycles. The molecular weight excluding hydrogens is 182 g/mol. The quantitative estimate of drug-likeness (QED) is 0.630. The molecule has 14 heavy (non-hydrogen) atoms. The number of carboxylic acid groups (broad SMARTS) is 1. The summed E-state index contributed by atoms with van der Waals surface area (Å²) in [4.78, 5) is 21.7. The molecule has 0 fully saturated rings. The number of rotatable bonds is 5. The van der Waals surface area contributed by atoms with Crippen LogP contribution in [0.15, 0.2) is 0 Å². The Balaban J connectivity index is 4.02. The van der Waals surface area contributed by atoms with Gasteiger partial charge in [-0.2, -0.15) is 0 Å². The zero-order valence-electron chi connectivity index (χ0n) is 8.41. The Bertz CT molecular complexity index is 253. The van der Waals surface area contributed by atoms with E-state index in [1.807, 2.05) is 0 Å². The molecule has 1 amide bonds. The fourth-order valence-electron chi connectivity index (χ4n) is 0.987. The van der Waals surface area contributed by atoms with Crippen molar-refractivity contribution in [2.24, 2.45) is 11.8 Å². The van der Waals surface area contributed by atoms with Gasteiger partial charge in [-0.1, -0.05) is 19.8 Å². The van der Waals surface area contributed by atoms with E-state index in [9.17, 15) is 9.59 Å². The van der Waals surface area contributed by atoms with Gasteiger partial charge in [0.15, 0.2) is 0 Å². The fourth-order valence-corrected chi connectivity index (χ4v) is 0.987. The van der Waals surface area contributed by atoms with Crippen LogP contribution in [0.2, 0.25) is 0 Å². The zero-order valence-corrected chi connectivity index (χ0v) is 8.41. The van der Waals surface area contributed by atoms with Crippen molar-refractivity contribution >= 4 is 11.9 Å². The van der Waals surface area contributed by atoms with Crippen LogP contribution in [-0.4, -0.2) is 23.5 Å². The van der Waals surface area contributed by atoms with E-state index >= 15 is 0 Å². The summed E-state index contributed by atoms with van der Waals surface area (Å²) in [6.45, 7) is 3.73. The molecule has 0 aromatic heterocycles. The highest BCUT2D eigenvalue weighted by Gasteiger charge is 2.21. The van der Waals surface area contributed by atoms with Gasteiger partial charge in [0, 0.05) is 6.54 Å². The number of terminal acetylenes is 1. The Labute approximate surface area is 83.7 Å². The zero-order chi connectivity index (χ0) is 11.1. The molecule has 4 nitrogen and oxygen atoms in total. The lowest BCUT2D eigenvalue weighted by atomic mass is 9.96. The van der Waals surface area contributed by atoms with Gasteiger partial charge in [0.05, 0.1) is 12.3 Å². The second-order valence-corrected chi connectivity index (χ2v) is 3.37. The molecule has 0 aromatic carbocycles. The molecule has 0 bridgehead atoms. The van der Waals surface area contributed by atoms with Gasteiger partial charge in [-0.3, -0.25) is 9.59 Å². The van der Waals surface area contributed by atoms with Gasteiger partial charge in [-0.05, 0) is 5.92 Å². The van der Waals surface area contributed by atoms with Crippen molar-refractivity contribution in [2.75, 3.05) is 6.54 Å². The molecule has 0 saturated heterocycles. The van der Waals surface area contributed by atoms with Crippen LogP contribution in [0.25, 0.3) is 0 Å². The molecule has 0 radical (unpaired) electrons. The first kappa shape index (κ1) is 12.5. The maximum Gasteiger partial charge on any atom is 0.308 e. The predicted octanol–water partition coefficient (Wildman–Crippen LogP) is 0.483. The predicted molar refractivity (Wildman–Crippen MR) is 52.4 cm³/mol. The van der Waals surface area contributed by atoms with Crippen molar-refractivity contribution in [1.82, 2.24) is 5.32 Å². The Morgan fingerprint density at radius 2 is 2.07 bits per heavy atom. The molecule has 0 saturated carbocycles. The minimum Gasteiger partial charge on any atom is -0.481 e. The summed E-state index contributed by atoms with van der Waals surface area (Å²) in [6, 6.07) is 0. The van der Waals surface area contributed by atoms with Crippen LogP contribution in [-0.2, 0) is 9.59 Å². The molecule has 0 aliphatic rings. The van der Waals surface area contributed by atoms with E-state index in [1.54, 1.807) is 13.8 Å². The summed E-state index contributed by atoms with van der Waals surface area (Å²) < 4.78 is 0. The third-order valence-electron chi connectivity index (χ3n) is 1.90. The van der Waals surface area contributed by atoms with Crippen molar-refractivity contribution in [3.05, 3.63) is 0 Å². The topological polar surface area (TPSA) is 66.4 Å². The van der Waals surface area contributed by atoms with Gasteiger partial charge in [0.25, 0.3) is 0 Å². The SMILES string of the molecule is C#CCC(=O)NCC(C(=O)O)C(C)C. The fraction of sp³-hybridized carbons (Fsp3) is 0.600. The van der Waals surface area contributed by atoms with Crippen LogP contribution in [0.3, 0.4) is 0 Å². The molecule has 2 N–H and O–H groups in total. The van der Waals surface area contributed by atoms with Gasteiger partial charge in [0.2, 0.25) is 5.91 Å². The first-order valence-corrected chi connectivity index (χ1v) is 4.42. The number of hydrogen-bond acceptors (Lipinski definition) is 2. The van der Waals surface area contributed by atoms with E-state index in [0.29, 0.717) is 0 Å². The molecule has 1 unspecified atom stereocenters. The number of carbonyl (C=O) groups excluding carboxylic acids is 1. The number of carbonyl (C=O) groups is 2. The van der Waals surface area contributed by atoms with Gasteiger partial charge in [0.1, 0.15) is 0 Å². The van der Waals surface area contributed by atoms with Gasteiger partial charge >= 0.3 is 5.97 Å². The van der Waals surface area contributed by atoms with Crippen LogP contribution >= 0.6 is 0 Å². The maximum absolute atomic E-state index is 10.9. The Hall–Kier alpha value is -1.50. The minimum atomic E-state index is -0.902. The standard InChI is InChI=1S/C10H15NO3/c1-4-5-9(12)11-6-8(7(2)3)10(13)14/h1,7-8H,5-6H2,2-3H3,(H,11,12)(H,13,14). The van der Waals surface area contributed by atoms with Crippen LogP contribution < -0.4 is 5.32 Å². The molecule has 1 atom stereocenters. The van der Waals surface area contributed by atoms with E-state index in [0.717, 1.165) is 0 Å². The molecule has 0 aliphatic heterocycles. The number of amides is 1. The smallest absolute Gasteiger partial charge is 0.308 e. The highest BCUT2D eigenvalue weighted by molar-refractivity contribution is 5.79. The summed E-state index contributed by atoms with van der Waals surface area (Å²) in [5, 5.41) is 11.3. The Kier molecular flexibility index (Phi) is 5.38. The normalized spacial score (nSPS) is 11.9. The lowest BCUT2D eigenvalue weighted by Crippen LogP contribution is -2.35. The van der Waals surface area contributed by atoms with Gasteiger partial charge in [-0.15, -0.1) is 6.42 Å². The largest absolute Gasteiger partial charge is 0.481 e. The van der Waals surface area contributed by atoms with Crippen molar-refractivity contribution in [3.63, 3.8) is 0 Å². The monoisotopic (exact) mass is 197 g/mol. The Morgan fingerprint density at radius 1 is 1.50 bits per heavy atom. The van der Waals surface area contributed by atoms with E-state index in [1.165, 1.54) is 0 Å². The summed E-state index contributed by atoms with van der Waals surface area (Å²) in [7, 11) is 0. The number of nitrogens with one attached hydrogen (secondary N) is 1. The average Bonchev–Trinajstić information content (AvgIpc) is 2.03. The van der Waals surface area contributed by atoms with E-state index in [-0.39, 0.29) is 24.8 Å². The third-order valence-corrected chi connectivity index (χ3v) is 1.90. The molecule has 0 heterocycles. The Morgan fingerprint density at radius 3 is 2.43 bits per heavy atom. The summed E-state index contributed by atoms with van der Waals surface area (Å²) in [5.41, 5.74) is 0. The third kappa shape index (κ3) is 4.51. The minimum absolute atomic E-state index is 0.00949. The van der Waals surface area contributed by atoms with E-state index in [4.69, 9.17) is 11.5 Å². The van der Waals surface area contributed by atoms with Crippen molar-refractivity contribution < 1.29 is 14.7 Å². The maximum atomic E-state index is 10.9. The second kappa shape index (κ2) is 6.03. The van der Waals surface area contributed by atoms with Crippen LogP contribution in [0.1, 0.15) is 20.3 Å². The van der Waals surface area contributed by atoms with Crippen molar-refractivity contribution in [3.8, 4) is 12.3 Å². The number of hydrogen-bond donors (Lipinski definition) is 2. The number of carboxylic acids is 1. The van der Waals surface area contributed by atoms with Crippen LogP contribution in [0.4, 0.5) is 0 Å². The van der Waals surface area contributed by atoms with Crippen LogP contribution in [0.5, 0.6) is 0 Å². The summed E-state index contributed by atoms with van der Waals surface area (Å²) in [5.74, 6) is 0.408. The highest BCUT2D eigenvalue weighted by atomic mass is 16.4. The molecule has 0 aromatic rings.